The average Bonchev–Trinajstić information content (AvgIpc) is 2.93. The SMILES string of the molecule is O=C1NC(=O)c2c1ccc(Oc1ccccc1)c2Oc1ccccc1. The Morgan fingerprint density at radius 2 is 1.24 bits per heavy atom. The summed E-state index contributed by atoms with van der Waals surface area (Å²) in [6.45, 7) is 0. The van der Waals surface area contributed by atoms with E-state index in [1.807, 2.05) is 36.4 Å². The molecule has 0 saturated heterocycles. The first-order chi connectivity index (χ1) is 12.2. The number of carbonyl (C=O) groups is 2. The van der Waals surface area contributed by atoms with E-state index in [0.717, 1.165) is 0 Å². The van der Waals surface area contributed by atoms with Crippen LogP contribution in [-0.4, -0.2) is 11.8 Å². The number of rotatable bonds is 4. The summed E-state index contributed by atoms with van der Waals surface area (Å²) < 4.78 is 11.8. The van der Waals surface area contributed by atoms with Gasteiger partial charge in [0.2, 0.25) is 0 Å². The summed E-state index contributed by atoms with van der Waals surface area (Å²) in [5.74, 6) is 0.786. The van der Waals surface area contributed by atoms with Crippen molar-refractivity contribution >= 4 is 11.8 Å². The number of carbonyl (C=O) groups excluding carboxylic acids is 2. The van der Waals surface area contributed by atoms with E-state index in [9.17, 15) is 9.59 Å². The first-order valence-electron chi connectivity index (χ1n) is 7.71. The average molecular weight is 331 g/mol. The van der Waals surface area contributed by atoms with E-state index >= 15 is 0 Å². The van der Waals surface area contributed by atoms with Crippen LogP contribution in [0.5, 0.6) is 23.0 Å². The van der Waals surface area contributed by atoms with Gasteiger partial charge in [-0.3, -0.25) is 14.9 Å². The van der Waals surface area contributed by atoms with E-state index in [1.165, 1.54) is 0 Å². The zero-order chi connectivity index (χ0) is 17.2. The Balaban J connectivity index is 1.82. The lowest BCUT2D eigenvalue weighted by atomic mass is 10.1. The molecule has 1 aliphatic heterocycles. The lowest BCUT2D eigenvalue weighted by Crippen LogP contribution is -2.20. The zero-order valence-electron chi connectivity index (χ0n) is 13.1. The zero-order valence-corrected chi connectivity index (χ0v) is 13.1. The van der Waals surface area contributed by atoms with Gasteiger partial charge in [-0.1, -0.05) is 36.4 Å². The van der Waals surface area contributed by atoms with Crippen LogP contribution in [0.4, 0.5) is 0 Å². The smallest absolute Gasteiger partial charge is 0.262 e. The monoisotopic (exact) mass is 331 g/mol. The fourth-order valence-electron chi connectivity index (χ4n) is 2.61. The van der Waals surface area contributed by atoms with E-state index < -0.39 is 11.8 Å². The Morgan fingerprint density at radius 3 is 1.88 bits per heavy atom. The highest BCUT2D eigenvalue weighted by molar-refractivity contribution is 6.23. The maximum atomic E-state index is 12.2. The Bertz CT molecular complexity index is 952. The van der Waals surface area contributed by atoms with Crippen LogP contribution in [0.25, 0.3) is 0 Å². The summed E-state index contributed by atoms with van der Waals surface area (Å²) in [5.41, 5.74) is 0.457. The second-order valence-corrected chi connectivity index (χ2v) is 5.43. The molecular formula is C20H13NO4. The number of hydrogen-bond donors (Lipinski definition) is 1. The first-order valence-corrected chi connectivity index (χ1v) is 7.71. The summed E-state index contributed by atoms with van der Waals surface area (Å²) in [4.78, 5) is 24.1. The molecule has 25 heavy (non-hydrogen) atoms. The third kappa shape index (κ3) is 2.83. The van der Waals surface area contributed by atoms with Crippen LogP contribution in [0.3, 0.4) is 0 Å². The van der Waals surface area contributed by atoms with Gasteiger partial charge in [0.25, 0.3) is 11.8 Å². The van der Waals surface area contributed by atoms with Crippen LogP contribution in [0, 0.1) is 0 Å². The fourth-order valence-corrected chi connectivity index (χ4v) is 2.61. The second-order valence-electron chi connectivity index (χ2n) is 5.43. The van der Waals surface area contributed by atoms with Gasteiger partial charge in [0, 0.05) is 0 Å². The molecule has 0 bridgehead atoms. The standard InChI is InChI=1S/C20H13NO4/c22-19-15-11-12-16(24-13-7-3-1-4-8-13)18(17(15)20(23)21-19)25-14-9-5-2-6-10-14/h1-12H,(H,21,22,23). The molecule has 0 saturated carbocycles. The molecule has 1 heterocycles. The van der Waals surface area contributed by atoms with Gasteiger partial charge in [-0.25, -0.2) is 0 Å². The highest BCUT2D eigenvalue weighted by atomic mass is 16.5. The van der Waals surface area contributed by atoms with Gasteiger partial charge in [0.05, 0.1) is 11.1 Å². The number of benzene rings is 3. The molecule has 0 aliphatic carbocycles. The summed E-state index contributed by atoms with van der Waals surface area (Å²) in [5, 5.41) is 2.29. The van der Waals surface area contributed by atoms with Crippen molar-refractivity contribution in [3.05, 3.63) is 83.9 Å². The van der Waals surface area contributed by atoms with Gasteiger partial charge < -0.3 is 9.47 Å². The van der Waals surface area contributed by atoms with Gasteiger partial charge in [0.1, 0.15) is 11.5 Å². The van der Waals surface area contributed by atoms with E-state index in [-0.39, 0.29) is 16.9 Å². The highest BCUT2D eigenvalue weighted by Gasteiger charge is 2.33. The summed E-state index contributed by atoms with van der Waals surface area (Å²) in [6.07, 6.45) is 0. The quantitative estimate of drug-likeness (QED) is 0.729. The largest absolute Gasteiger partial charge is 0.453 e. The van der Waals surface area contributed by atoms with E-state index in [2.05, 4.69) is 5.32 Å². The molecule has 5 heteroatoms. The van der Waals surface area contributed by atoms with Gasteiger partial charge >= 0.3 is 0 Å². The van der Waals surface area contributed by atoms with Crippen molar-refractivity contribution in [3.63, 3.8) is 0 Å². The highest BCUT2D eigenvalue weighted by Crippen LogP contribution is 2.40. The van der Waals surface area contributed by atoms with Crippen molar-refractivity contribution < 1.29 is 19.1 Å². The lowest BCUT2D eigenvalue weighted by molar-refractivity contribution is 0.0879. The third-order valence-electron chi connectivity index (χ3n) is 3.75. The van der Waals surface area contributed by atoms with Gasteiger partial charge in [-0.2, -0.15) is 0 Å². The van der Waals surface area contributed by atoms with Crippen LogP contribution < -0.4 is 14.8 Å². The number of fused-ring (bicyclic) bond motifs is 1. The molecule has 3 aromatic rings. The van der Waals surface area contributed by atoms with E-state index in [4.69, 9.17) is 9.47 Å². The van der Waals surface area contributed by atoms with Crippen molar-refractivity contribution in [3.8, 4) is 23.0 Å². The minimum atomic E-state index is -0.496. The van der Waals surface area contributed by atoms with Crippen molar-refractivity contribution in [2.45, 2.75) is 0 Å². The van der Waals surface area contributed by atoms with Gasteiger partial charge in [0.15, 0.2) is 11.5 Å². The maximum absolute atomic E-state index is 12.2. The van der Waals surface area contributed by atoms with Crippen molar-refractivity contribution in [2.75, 3.05) is 0 Å². The summed E-state index contributed by atoms with van der Waals surface area (Å²) >= 11 is 0. The lowest BCUT2D eigenvalue weighted by Gasteiger charge is -2.14. The Morgan fingerprint density at radius 1 is 0.640 bits per heavy atom. The molecule has 4 rings (SSSR count). The predicted octanol–water partition coefficient (Wildman–Crippen LogP) is 4.15. The number of ether oxygens (including phenoxy) is 2. The first kappa shape index (κ1) is 15.0. The predicted molar refractivity (Wildman–Crippen MR) is 91.3 cm³/mol. The third-order valence-corrected chi connectivity index (χ3v) is 3.75. The molecule has 2 amide bonds. The Labute approximate surface area is 143 Å². The van der Waals surface area contributed by atoms with Crippen molar-refractivity contribution in [1.29, 1.82) is 0 Å². The van der Waals surface area contributed by atoms with Crippen molar-refractivity contribution in [2.24, 2.45) is 0 Å². The summed E-state index contributed by atoms with van der Waals surface area (Å²) in [7, 11) is 0. The number of imide groups is 1. The van der Waals surface area contributed by atoms with Crippen LogP contribution >= 0.6 is 0 Å². The molecule has 122 valence electrons. The van der Waals surface area contributed by atoms with Crippen LogP contribution in [0.1, 0.15) is 20.7 Å². The molecule has 0 spiro atoms. The molecule has 0 aromatic heterocycles. The molecule has 0 fully saturated rings. The number of amides is 2. The normalized spacial score (nSPS) is 12.5. The molecule has 3 aromatic carbocycles. The minimum Gasteiger partial charge on any atom is -0.453 e. The van der Waals surface area contributed by atoms with Crippen molar-refractivity contribution in [1.82, 2.24) is 5.32 Å². The maximum Gasteiger partial charge on any atom is 0.262 e. The fraction of sp³-hybridized carbons (Fsp3) is 0. The topological polar surface area (TPSA) is 64.6 Å². The summed E-state index contributed by atoms with van der Waals surface area (Å²) in [6, 6.07) is 21.4. The van der Waals surface area contributed by atoms with Gasteiger partial charge in [-0.15, -0.1) is 0 Å². The number of hydrogen-bond acceptors (Lipinski definition) is 4. The van der Waals surface area contributed by atoms with Crippen LogP contribution in [0.15, 0.2) is 72.8 Å². The second kappa shape index (κ2) is 6.13. The number of para-hydroxylation sites is 2. The molecule has 0 unspecified atom stereocenters. The molecule has 0 atom stereocenters. The molecule has 5 nitrogen and oxygen atoms in total. The molecule has 0 radical (unpaired) electrons. The molecule has 1 aliphatic rings. The van der Waals surface area contributed by atoms with Crippen LogP contribution in [0.2, 0.25) is 0 Å². The van der Waals surface area contributed by atoms with Crippen LogP contribution in [-0.2, 0) is 0 Å². The molecule has 1 N–H and O–H groups in total. The van der Waals surface area contributed by atoms with E-state index in [1.54, 1.807) is 36.4 Å². The number of nitrogens with one attached hydrogen (secondary N) is 1. The Hall–Kier alpha value is -3.60. The Kier molecular flexibility index (Phi) is 3.67. The van der Waals surface area contributed by atoms with Gasteiger partial charge in [-0.05, 0) is 36.4 Å². The molecular weight excluding hydrogens is 318 g/mol. The van der Waals surface area contributed by atoms with E-state index in [0.29, 0.717) is 17.2 Å². The minimum absolute atomic E-state index is 0.183.